The molecule has 1 amide bonds. The summed E-state index contributed by atoms with van der Waals surface area (Å²) in [5.74, 6) is 0.695. The Labute approximate surface area is 148 Å². The average Bonchev–Trinajstić information content (AvgIpc) is 2.66. The first-order valence-corrected chi connectivity index (χ1v) is 8.50. The van der Waals surface area contributed by atoms with Crippen molar-refractivity contribution in [1.82, 2.24) is 20.9 Å². The number of rotatable bonds is 8. The minimum absolute atomic E-state index is 0.0110. The van der Waals surface area contributed by atoms with E-state index in [9.17, 15) is 4.79 Å². The Hall–Kier alpha value is -2.89. The summed E-state index contributed by atoms with van der Waals surface area (Å²) in [6, 6.07) is 15.6. The van der Waals surface area contributed by atoms with Crippen molar-refractivity contribution in [3.63, 3.8) is 0 Å². The lowest BCUT2D eigenvalue weighted by molar-refractivity contribution is -0.121. The number of carbonyl (C=O) groups is 1. The zero-order valence-corrected chi connectivity index (χ0v) is 14.5. The summed E-state index contributed by atoms with van der Waals surface area (Å²) in [4.78, 5) is 20.6. The van der Waals surface area contributed by atoms with Gasteiger partial charge in [0.05, 0.1) is 12.2 Å². The van der Waals surface area contributed by atoms with Crippen molar-refractivity contribution in [3.8, 4) is 0 Å². The van der Waals surface area contributed by atoms with E-state index in [0.717, 1.165) is 17.8 Å². The first-order valence-electron chi connectivity index (χ1n) is 8.50. The van der Waals surface area contributed by atoms with Crippen molar-refractivity contribution >= 4 is 11.9 Å². The molecule has 0 radical (unpaired) electrons. The Morgan fingerprint density at radius 1 is 1.04 bits per heavy atom. The van der Waals surface area contributed by atoms with E-state index in [2.05, 4.69) is 25.9 Å². The van der Waals surface area contributed by atoms with Crippen LogP contribution in [0.4, 0.5) is 0 Å². The highest BCUT2D eigenvalue weighted by Crippen LogP contribution is 1.97. The lowest BCUT2D eigenvalue weighted by Crippen LogP contribution is -2.39. The van der Waals surface area contributed by atoms with Crippen molar-refractivity contribution in [2.24, 2.45) is 4.99 Å². The van der Waals surface area contributed by atoms with Crippen molar-refractivity contribution < 1.29 is 4.79 Å². The predicted octanol–water partition coefficient (Wildman–Crippen LogP) is 1.84. The first-order chi connectivity index (χ1) is 12.3. The normalized spacial score (nSPS) is 11.0. The lowest BCUT2D eigenvalue weighted by atomic mass is 10.2. The second-order valence-corrected chi connectivity index (χ2v) is 5.46. The molecular formula is C19H25N5O. The maximum Gasteiger partial charge on any atom is 0.222 e. The Bertz CT molecular complexity index is 658. The summed E-state index contributed by atoms with van der Waals surface area (Å²) in [5, 5.41) is 9.25. The van der Waals surface area contributed by atoms with Crippen LogP contribution in [0.5, 0.6) is 0 Å². The van der Waals surface area contributed by atoms with E-state index in [4.69, 9.17) is 0 Å². The first kappa shape index (κ1) is 18.4. The maximum atomic E-state index is 11.9. The van der Waals surface area contributed by atoms with Gasteiger partial charge in [0.1, 0.15) is 0 Å². The Morgan fingerprint density at radius 3 is 2.56 bits per heavy atom. The zero-order chi connectivity index (χ0) is 17.7. The van der Waals surface area contributed by atoms with Crippen LogP contribution >= 0.6 is 0 Å². The van der Waals surface area contributed by atoms with Gasteiger partial charge in [-0.3, -0.25) is 9.78 Å². The quantitative estimate of drug-likeness (QED) is 0.507. The van der Waals surface area contributed by atoms with Crippen LogP contribution in [0, 0.1) is 0 Å². The number of aromatic nitrogens is 1. The number of pyridine rings is 1. The fourth-order valence-electron chi connectivity index (χ4n) is 2.17. The molecule has 2 rings (SSSR count). The van der Waals surface area contributed by atoms with E-state index in [0.29, 0.717) is 32.0 Å². The number of carbonyl (C=O) groups excluding carboxylic acids is 1. The van der Waals surface area contributed by atoms with E-state index >= 15 is 0 Å². The summed E-state index contributed by atoms with van der Waals surface area (Å²) >= 11 is 0. The number of amides is 1. The second-order valence-electron chi connectivity index (χ2n) is 5.46. The molecule has 0 saturated carbocycles. The van der Waals surface area contributed by atoms with Crippen molar-refractivity contribution in [3.05, 3.63) is 66.0 Å². The summed E-state index contributed by atoms with van der Waals surface area (Å²) in [7, 11) is 0. The Morgan fingerprint density at radius 2 is 1.84 bits per heavy atom. The summed E-state index contributed by atoms with van der Waals surface area (Å²) in [6.07, 6.45) is 2.14. The zero-order valence-electron chi connectivity index (χ0n) is 14.5. The Kier molecular flexibility index (Phi) is 7.97. The SMILES string of the molecule is CCNC(=NCc1ccccn1)NCCC(=O)NCc1ccccc1. The van der Waals surface area contributed by atoms with E-state index < -0.39 is 0 Å². The smallest absolute Gasteiger partial charge is 0.222 e. The molecule has 6 nitrogen and oxygen atoms in total. The molecule has 1 aromatic heterocycles. The van der Waals surface area contributed by atoms with Gasteiger partial charge in [-0.05, 0) is 24.6 Å². The van der Waals surface area contributed by atoms with Crippen molar-refractivity contribution in [1.29, 1.82) is 0 Å². The van der Waals surface area contributed by atoms with Crippen LogP contribution in [-0.2, 0) is 17.9 Å². The van der Waals surface area contributed by atoms with Crippen LogP contribution in [0.15, 0.2) is 59.7 Å². The molecule has 0 saturated heterocycles. The number of benzene rings is 1. The molecule has 0 aliphatic rings. The summed E-state index contributed by atoms with van der Waals surface area (Å²) < 4.78 is 0. The molecule has 6 heteroatoms. The largest absolute Gasteiger partial charge is 0.357 e. The molecule has 132 valence electrons. The van der Waals surface area contributed by atoms with Crippen LogP contribution in [0.25, 0.3) is 0 Å². The molecule has 0 aliphatic carbocycles. The third-order valence-electron chi connectivity index (χ3n) is 3.45. The van der Waals surface area contributed by atoms with E-state index in [1.54, 1.807) is 6.20 Å². The molecule has 0 spiro atoms. The highest BCUT2D eigenvalue weighted by atomic mass is 16.1. The molecular weight excluding hydrogens is 314 g/mol. The maximum absolute atomic E-state index is 11.9. The minimum atomic E-state index is 0.0110. The number of nitrogens with zero attached hydrogens (tertiary/aromatic N) is 2. The second kappa shape index (κ2) is 10.8. The third-order valence-corrected chi connectivity index (χ3v) is 3.45. The highest BCUT2D eigenvalue weighted by Gasteiger charge is 2.03. The van der Waals surface area contributed by atoms with Crippen molar-refractivity contribution in [2.75, 3.05) is 13.1 Å². The topological polar surface area (TPSA) is 78.4 Å². The molecule has 0 aliphatic heterocycles. The van der Waals surface area contributed by atoms with E-state index in [1.807, 2.05) is 55.5 Å². The van der Waals surface area contributed by atoms with Gasteiger partial charge in [-0.1, -0.05) is 36.4 Å². The number of hydrogen-bond acceptors (Lipinski definition) is 3. The molecule has 0 bridgehead atoms. The summed E-state index contributed by atoms with van der Waals surface area (Å²) in [5.41, 5.74) is 1.99. The van der Waals surface area contributed by atoms with E-state index in [-0.39, 0.29) is 5.91 Å². The number of hydrogen-bond donors (Lipinski definition) is 3. The molecule has 2 aromatic rings. The highest BCUT2D eigenvalue weighted by molar-refractivity contribution is 5.81. The molecule has 1 aromatic carbocycles. The predicted molar refractivity (Wildman–Crippen MR) is 100.0 cm³/mol. The average molecular weight is 339 g/mol. The van der Waals surface area contributed by atoms with Gasteiger partial charge in [-0.25, -0.2) is 4.99 Å². The molecule has 0 fully saturated rings. The molecule has 1 heterocycles. The van der Waals surface area contributed by atoms with Crippen LogP contribution in [0.3, 0.4) is 0 Å². The number of guanidine groups is 1. The molecule has 0 unspecified atom stereocenters. The van der Waals surface area contributed by atoms with Crippen LogP contribution < -0.4 is 16.0 Å². The lowest BCUT2D eigenvalue weighted by Gasteiger charge is -2.11. The van der Waals surface area contributed by atoms with E-state index in [1.165, 1.54) is 0 Å². The van der Waals surface area contributed by atoms with Gasteiger partial charge in [0.15, 0.2) is 5.96 Å². The third kappa shape index (κ3) is 7.48. The fraction of sp³-hybridized carbons (Fsp3) is 0.316. The molecule has 3 N–H and O–H groups in total. The van der Waals surface area contributed by atoms with Gasteiger partial charge in [-0.15, -0.1) is 0 Å². The van der Waals surface area contributed by atoms with Gasteiger partial charge in [-0.2, -0.15) is 0 Å². The van der Waals surface area contributed by atoms with Gasteiger partial charge in [0.2, 0.25) is 5.91 Å². The molecule has 0 atom stereocenters. The van der Waals surface area contributed by atoms with Gasteiger partial charge in [0, 0.05) is 32.3 Å². The number of aliphatic imine (C=N–C) groups is 1. The van der Waals surface area contributed by atoms with Gasteiger partial charge >= 0.3 is 0 Å². The van der Waals surface area contributed by atoms with Crippen LogP contribution in [-0.4, -0.2) is 29.9 Å². The van der Waals surface area contributed by atoms with Crippen LogP contribution in [0.2, 0.25) is 0 Å². The summed E-state index contributed by atoms with van der Waals surface area (Å²) in [6.45, 7) is 4.33. The number of nitrogens with one attached hydrogen (secondary N) is 3. The Balaban J connectivity index is 1.72. The van der Waals surface area contributed by atoms with Crippen molar-refractivity contribution in [2.45, 2.75) is 26.4 Å². The van der Waals surface area contributed by atoms with Gasteiger partial charge < -0.3 is 16.0 Å². The van der Waals surface area contributed by atoms with Gasteiger partial charge in [0.25, 0.3) is 0 Å². The minimum Gasteiger partial charge on any atom is -0.357 e. The molecule has 25 heavy (non-hydrogen) atoms. The standard InChI is InChI=1S/C19H25N5O/c1-2-20-19(24-15-17-10-6-7-12-21-17)22-13-11-18(25)23-14-16-8-4-3-5-9-16/h3-10,12H,2,11,13-15H2,1H3,(H,23,25)(H2,20,22,24). The monoisotopic (exact) mass is 339 g/mol. The fourth-order valence-corrected chi connectivity index (χ4v) is 2.17. The van der Waals surface area contributed by atoms with Crippen LogP contribution in [0.1, 0.15) is 24.6 Å².